The summed E-state index contributed by atoms with van der Waals surface area (Å²) in [6.45, 7) is 1.87. The molecule has 1 heterocycles. The highest BCUT2D eigenvalue weighted by Gasteiger charge is 2.05. The fourth-order valence-corrected chi connectivity index (χ4v) is 2.07. The molecular formula is C11H14ClNO2S. The quantitative estimate of drug-likeness (QED) is 0.798. The summed E-state index contributed by atoms with van der Waals surface area (Å²) in [4.78, 5) is 12.3. The molecule has 2 N–H and O–H groups in total. The summed E-state index contributed by atoms with van der Waals surface area (Å²) >= 11 is 7.17. The number of aliphatic hydroxyl groups is 1. The van der Waals surface area contributed by atoms with E-state index in [0.717, 1.165) is 4.88 Å². The Morgan fingerprint density at radius 3 is 2.94 bits per heavy atom. The van der Waals surface area contributed by atoms with Gasteiger partial charge in [-0.15, -0.1) is 11.3 Å². The van der Waals surface area contributed by atoms with Gasteiger partial charge in [0.15, 0.2) is 0 Å². The lowest BCUT2D eigenvalue weighted by molar-refractivity contribution is -0.117. The van der Waals surface area contributed by atoms with E-state index in [2.05, 4.69) is 5.32 Å². The van der Waals surface area contributed by atoms with Crippen molar-refractivity contribution < 1.29 is 9.90 Å². The molecule has 0 saturated heterocycles. The van der Waals surface area contributed by atoms with Crippen molar-refractivity contribution in [3.63, 3.8) is 0 Å². The minimum absolute atomic E-state index is 0.0408. The van der Waals surface area contributed by atoms with E-state index in [0.29, 0.717) is 10.8 Å². The molecule has 1 amide bonds. The van der Waals surface area contributed by atoms with Gasteiger partial charge in [-0.05, 0) is 24.6 Å². The molecule has 0 unspecified atom stereocenters. The third-order valence-electron chi connectivity index (χ3n) is 2.05. The molecule has 0 bridgehead atoms. The number of nitrogens with one attached hydrogen (secondary N) is 1. The highest BCUT2D eigenvalue weighted by molar-refractivity contribution is 7.17. The van der Waals surface area contributed by atoms with Crippen molar-refractivity contribution in [3.05, 3.63) is 27.4 Å². The second kappa shape index (κ2) is 6.68. The summed E-state index contributed by atoms with van der Waals surface area (Å²) in [6, 6.07) is 3.45. The van der Waals surface area contributed by atoms with Crippen molar-refractivity contribution in [2.24, 2.45) is 0 Å². The first-order valence-electron chi connectivity index (χ1n) is 5.00. The largest absolute Gasteiger partial charge is 0.394 e. The lowest BCUT2D eigenvalue weighted by Crippen LogP contribution is -2.35. The van der Waals surface area contributed by atoms with Crippen LogP contribution in [0.2, 0.25) is 4.34 Å². The van der Waals surface area contributed by atoms with Gasteiger partial charge in [-0.3, -0.25) is 4.79 Å². The molecule has 0 radical (unpaired) electrons. The van der Waals surface area contributed by atoms with Gasteiger partial charge in [-0.25, -0.2) is 0 Å². The summed E-state index contributed by atoms with van der Waals surface area (Å²) in [7, 11) is 0. The van der Waals surface area contributed by atoms with E-state index >= 15 is 0 Å². The second-order valence-electron chi connectivity index (χ2n) is 3.27. The number of thiophene rings is 1. The van der Waals surface area contributed by atoms with Crippen LogP contribution in [0.5, 0.6) is 0 Å². The summed E-state index contributed by atoms with van der Waals surface area (Å²) in [5, 5.41) is 11.6. The molecule has 16 heavy (non-hydrogen) atoms. The van der Waals surface area contributed by atoms with E-state index in [-0.39, 0.29) is 18.6 Å². The van der Waals surface area contributed by atoms with E-state index in [9.17, 15) is 4.79 Å². The van der Waals surface area contributed by atoms with Gasteiger partial charge >= 0.3 is 0 Å². The van der Waals surface area contributed by atoms with Crippen LogP contribution >= 0.6 is 22.9 Å². The third-order valence-corrected chi connectivity index (χ3v) is 3.25. The van der Waals surface area contributed by atoms with Crippen LogP contribution in [0.3, 0.4) is 0 Å². The molecule has 3 nitrogen and oxygen atoms in total. The zero-order chi connectivity index (χ0) is 12.0. The monoisotopic (exact) mass is 259 g/mol. The van der Waals surface area contributed by atoms with Gasteiger partial charge in [0.05, 0.1) is 17.0 Å². The lowest BCUT2D eigenvalue weighted by atomic mass is 10.2. The van der Waals surface area contributed by atoms with Crippen molar-refractivity contribution >= 4 is 34.9 Å². The van der Waals surface area contributed by atoms with E-state index in [1.165, 1.54) is 17.4 Å². The van der Waals surface area contributed by atoms with Crippen molar-refractivity contribution in [2.75, 3.05) is 6.61 Å². The van der Waals surface area contributed by atoms with Crippen molar-refractivity contribution in [3.8, 4) is 0 Å². The van der Waals surface area contributed by atoms with Gasteiger partial charge in [0.2, 0.25) is 5.91 Å². The topological polar surface area (TPSA) is 49.3 Å². The number of aliphatic hydroxyl groups excluding tert-OH is 1. The van der Waals surface area contributed by atoms with E-state index < -0.39 is 0 Å². The van der Waals surface area contributed by atoms with Crippen molar-refractivity contribution in [1.29, 1.82) is 0 Å². The molecule has 1 aromatic rings. The number of halogens is 1. The number of rotatable bonds is 5. The van der Waals surface area contributed by atoms with Gasteiger partial charge < -0.3 is 10.4 Å². The fourth-order valence-electron chi connectivity index (χ4n) is 1.10. The normalized spacial score (nSPS) is 12.9. The molecule has 0 saturated carbocycles. The Morgan fingerprint density at radius 2 is 2.44 bits per heavy atom. The Morgan fingerprint density at radius 1 is 1.69 bits per heavy atom. The van der Waals surface area contributed by atoms with E-state index in [4.69, 9.17) is 16.7 Å². The molecule has 88 valence electrons. The SMILES string of the molecule is CC[C@@H](CO)NC(=O)/C=C/c1ccc(Cl)s1. The van der Waals surface area contributed by atoms with Crippen molar-refractivity contribution in [2.45, 2.75) is 19.4 Å². The lowest BCUT2D eigenvalue weighted by Gasteiger charge is -2.11. The Kier molecular flexibility index (Phi) is 5.52. The van der Waals surface area contributed by atoms with Gasteiger partial charge in [-0.1, -0.05) is 18.5 Å². The zero-order valence-electron chi connectivity index (χ0n) is 8.94. The highest BCUT2D eigenvalue weighted by Crippen LogP contribution is 2.22. The van der Waals surface area contributed by atoms with Crippen LogP contribution in [0.25, 0.3) is 6.08 Å². The summed E-state index contributed by atoms with van der Waals surface area (Å²) < 4.78 is 0.696. The molecular weight excluding hydrogens is 246 g/mol. The number of hydrogen-bond donors (Lipinski definition) is 2. The van der Waals surface area contributed by atoms with Crippen LogP contribution in [0.1, 0.15) is 18.2 Å². The molecule has 1 rings (SSSR count). The first-order valence-corrected chi connectivity index (χ1v) is 6.20. The van der Waals surface area contributed by atoms with Crippen molar-refractivity contribution in [1.82, 2.24) is 5.32 Å². The van der Waals surface area contributed by atoms with Crippen LogP contribution in [0.4, 0.5) is 0 Å². The summed E-state index contributed by atoms with van der Waals surface area (Å²) in [5.74, 6) is -0.203. The molecule has 0 fully saturated rings. The smallest absolute Gasteiger partial charge is 0.244 e. The standard InChI is InChI=1S/C11H14ClNO2S/c1-2-8(7-14)13-11(15)6-4-9-3-5-10(12)16-9/h3-6,8,14H,2,7H2,1H3,(H,13,15)/b6-4+/t8-/m0/s1. The van der Waals surface area contributed by atoms with Gasteiger partial charge in [0.1, 0.15) is 0 Å². The fraction of sp³-hybridized carbons (Fsp3) is 0.364. The number of carbonyl (C=O) groups is 1. The first-order chi connectivity index (χ1) is 7.65. The summed E-state index contributed by atoms with van der Waals surface area (Å²) in [6.07, 6.45) is 3.86. The van der Waals surface area contributed by atoms with Crippen LogP contribution < -0.4 is 5.32 Å². The van der Waals surface area contributed by atoms with Gasteiger partial charge in [0.25, 0.3) is 0 Å². The average Bonchev–Trinajstić information content (AvgIpc) is 2.69. The highest BCUT2D eigenvalue weighted by atomic mass is 35.5. The third kappa shape index (κ3) is 4.35. The summed E-state index contributed by atoms with van der Waals surface area (Å²) in [5.41, 5.74) is 0. The molecule has 5 heteroatoms. The Bertz CT molecular complexity index is 372. The molecule has 0 aliphatic carbocycles. The number of carbonyl (C=O) groups excluding carboxylic acids is 1. The maximum atomic E-state index is 11.4. The van der Waals surface area contributed by atoms with Crippen LogP contribution in [0, 0.1) is 0 Å². The van der Waals surface area contributed by atoms with E-state index in [1.807, 2.05) is 13.0 Å². The zero-order valence-corrected chi connectivity index (χ0v) is 10.5. The average molecular weight is 260 g/mol. The Labute approximate surface area is 104 Å². The minimum atomic E-state index is -0.203. The second-order valence-corrected chi connectivity index (χ2v) is 5.02. The number of amides is 1. The molecule has 0 aliphatic rings. The Hall–Kier alpha value is -0.840. The minimum Gasteiger partial charge on any atom is -0.394 e. The molecule has 0 aromatic carbocycles. The predicted molar refractivity (Wildman–Crippen MR) is 67.7 cm³/mol. The maximum absolute atomic E-state index is 11.4. The maximum Gasteiger partial charge on any atom is 0.244 e. The van der Waals surface area contributed by atoms with Crippen LogP contribution in [-0.4, -0.2) is 23.7 Å². The van der Waals surface area contributed by atoms with Gasteiger partial charge in [-0.2, -0.15) is 0 Å². The number of hydrogen-bond acceptors (Lipinski definition) is 3. The predicted octanol–water partition coefficient (Wildman–Crippen LogP) is 2.30. The molecule has 0 spiro atoms. The molecule has 0 aliphatic heterocycles. The Balaban J connectivity index is 2.48. The van der Waals surface area contributed by atoms with Crippen LogP contribution in [0.15, 0.2) is 18.2 Å². The first kappa shape index (κ1) is 13.2. The molecule has 1 atom stereocenters. The van der Waals surface area contributed by atoms with E-state index in [1.54, 1.807) is 12.1 Å². The molecule has 1 aromatic heterocycles. The van der Waals surface area contributed by atoms with Gasteiger partial charge in [0, 0.05) is 11.0 Å². The van der Waals surface area contributed by atoms with Crippen LogP contribution in [-0.2, 0) is 4.79 Å².